The molecule has 0 aliphatic rings. The van der Waals surface area contributed by atoms with E-state index in [1.807, 2.05) is 0 Å². The summed E-state index contributed by atoms with van der Waals surface area (Å²) in [5.41, 5.74) is 6.56. The van der Waals surface area contributed by atoms with Crippen molar-refractivity contribution in [2.24, 2.45) is 7.05 Å². The van der Waals surface area contributed by atoms with Crippen molar-refractivity contribution >= 4 is 21.8 Å². The number of nitrogens with zero attached hydrogens (tertiary/aromatic N) is 1. The normalized spacial score (nSPS) is 11.3. The number of aryl methyl sites for hydroxylation is 2. The van der Waals surface area contributed by atoms with E-state index in [2.05, 4.69) is 85.3 Å². The average Bonchev–Trinajstić information content (AvgIpc) is 2.83. The zero-order valence-corrected chi connectivity index (χ0v) is 12.3. The van der Waals surface area contributed by atoms with Crippen LogP contribution in [0.15, 0.2) is 66.7 Å². The molecular formula is C20H17N. The van der Waals surface area contributed by atoms with Crippen molar-refractivity contribution in [3.05, 3.63) is 72.3 Å². The molecule has 21 heavy (non-hydrogen) atoms. The van der Waals surface area contributed by atoms with Crippen LogP contribution in [0.4, 0.5) is 0 Å². The first-order valence-electron chi connectivity index (χ1n) is 7.29. The van der Waals surface area contributed by atoms with Gasteiger partial charge < -0.3 is 4.57 Å². The topological polar surface area (TPSA) is 4.93 Å². The smallest absolute Gasteiger partial charge is 0.0524 e. The molecule has 0 amide bonds. The Labute approximate surface area is 124 Å². The SMILES string of the molecule is Cc1c(-c2ccccc2)ccc2c3ccccc3n(C)c12. The third-order valence-corrected chi connectivity index (χ3v) is 4.41. The van der Waals surface area contributed by atoms with E-state index in [0.29, 0.717) is 0 Å². The van der Waals surface area contributed by atoms with Gasteiger partial charge in [-0.1, -0.05) is 60.7 Å². The summed E-state index contributed by atoms with van der Waals surface area (Å²) >= 11 is 0. The van der Waals surface area contributed by atoms with Gasteiger partial charge in [-0.3, -0.25) is 0 Å². The molecule has 0 N–H and O–H groups in total. The molecule has 4 aromatic rings. The Morgan fingerprint density at radius 2 is 1.43 bits per heavy atom. The van der Waals surface area contributed by atoms with Crippen LogP contribution >= 0.6 is 0 Å². The highest BCUT2D eigenvalue weighted by atomic mass is 14.9. The minimum Gasteiger partial charge on any atom is -0.343 e. The lowest BCUT2D eigenvalue weighted by molar-refractivity contribution is 1.01. The van der Waals surface area contributed by atoms with Gasteiger partial charge in [-0.15, -0.1) is 0 Å². The van der Waals surface area contributed by atoms with Gasteiger partial charge in [0.1, 0.15) is 0 Å². The van der Waals surface area contributed by atoms with E-state index >= 15 is 0 Å². The Morgan fingerprint density at radius 3 is 2.24 bits per heavy atom. The maximum Gasteiger partial charge on any atom is 0.0524 e. The molecule has 0 saturated carbocycles. The van der Waals surface area contributed by atoms with Crippen molar-refractivity contribution < 1.29 is 0 Å². The summed E-state index contributed by atoms with van der Waals surface area (Å²) in [6.45, 7) is 2.23. The molecule has 1 nitrogen and oxygen atoms in total. The quantitative estimate of drug-likeness (QED) is 0.442. The summed E-state index contributed by atoms with van der Waals surface area (Å²) in [7, 11) is 2.16. The van der Waals surface area contributed by atoms with E-state index in [-0.39, 0.29) is 0 Å². The minimum atomic E-state index is 1.28. The maximum atomic E-state index is 2.31. The lowest BCUT2D eigenvalue weighted by Crippen LogP contribution is -1.91. The van der Waals surface area contributed by atoms with Gasteiger partial charge in [-0.25, -0.2) is 0 Å². The molecule has 0 unspecified atom stereocenters. The zero-order valence-electron chi connectivity index (χ0n) is 12.3. The molecule has 3 aromatic carbocycles. The summed E-state index contributed by atoms with van der Waals surface area (Å²) in [4.78, 5) is 0. The molecular weight excluding hydrogens is 254 g/mol. The first-order valence-corrected chi connectivity index (χ1v) is 7.29. The molecule has 1 heterocycles. The van der Waals surface area contributed by atoms with Crippen molar-refractivity contribution in [2.45, 2.75) is 6.92 Å². The molecule has 0 aliphatic carbocycles. The van der Waals surface area contributed by atoms with E-state index in [1.165, 1.54) is 38.5 Å². The van der Waals surface area contributed by atoms with Crippen LogP contribution in [0.5, 0.6) is 0 Å². The van der Waals surface area contributed by atoms with Gasteiger partial charge in [-0.2, -0.15) is 0 Å². The lowest BCUT2D eigenvalue weighted by atomic mass is 9.98. The van der Waals surface area contributed by atoms with Crippen LogP contribution in [-0.2, 0) is 7.05 Å². The van der Waals surface area contributed by atoms with Gasteiger partial charge in [0, 0.05) is 23.3 Å². The van der Waals surface area contributed by atoms with E-state index in [4.69, 9.17) is 0 Å². The Bertz CT molecular complexity index is 946. The Hall–Kier alpha value is -2.54. The van der Waals surface area contributed by atoms with Crippen LogP contribution in [0.3, 0.4) is 0 Å². The summed E-state index contributed by atoms with van der Waals surface area (Å²) in [5.74, 6) is 0. The number of rotatable bonds is 1. The molecule has 4 rings (SSSR count). The monoisotopic (exact) mass is 271 g/mol. The van der Waals surface area contributed by atoms with Crippen molar-refractivity contribution in [2.75, 3.05) is 0 Å². The third kappa shape index (κ3) is 1.71. The number of hydrogen-bond acceptors (Lipinski definition) is 0. The van der Waals surface area contributed by atoms with Crippen LogP contribution in [0.2, 0.25) is 0 Å². The van der Waals surface area contributed by atoms with Gasteiger partial charge in [-0.05, 0) is 29.7 Å². The minimum absolute atomic E-state index is 1.28. The van der Waals surface area contributed by atoms with Crippen molar-refractivity contribution in [1.82, 2.24) is 4.57 Å². The fourth-order valence-electron chi connectivity index (χ4n) is 3.39. The second-order valence-electron chi connectivity index (χ2n) is 5.58. The summed E-state index contributed by atoms with van der Waals surface area (Å²) in [5, 5.41) is 2.67. The predicted octanol–water partition coefficient (Wildman–Crippen LogP) is 5.31. The molecule has 0 atom stereocenters. The van der Waals surface area contributed by atoms with E-state index < -0.39 is 0 Å². The fraction of sp³-hybridized carbons (Fsp3) is 0.100. The maximum absolute atomic E-state index is 2.31. The van der Waals surface area contributed by atoms with Crippen LogP contribution in [-0.4, -0.2) is 4.57 Å². The fourth-order valence-corrected chi connectivity index (χ4v) is 3.39. The van der Waals surface area contributed by atoms with Gasteiger partial charge >= 0.3 is 0 Å². The summed E-state index contributed by atoms with van der Waals surface area (Å²) < 4.78 is 2.31. The molecule has 1 heteroatoms. The molecule has 1 aromatic heterocycles. The van der Waals surface area contributed by atoms with Gasteiger partial charge in [0.2, 0.25) is 0 Å². The standard InChI is InChI=1S/C20H17N/c1-14-16(15-8-4-3-5-9-15)12-13-18-17-10-6-7-11-19(17)21(2)20(14)18/h3-13H,1-2H3. The highest BCUT2D eigenvalue weighted by molar-refractivity contribution is 6.10. The van der Waals surface area contributed by atoms with Crippen molar-refractivity contribution in [3.8, 4) is 11.1 Å². The summed E-state index contributed by atoms with van der Waals surface area (Å²) in [6, 6.07) is 23.7. The molecule has 0 fully saturated rings. The molecule has 0 spiro atoms. The Kier molecular flexibility index (Phi) is 2.61. The first-order chi connectivity index (χ1) is 10.3. The van der Waals surface area contributed by atoms with Gasteiger partial charge in [0.15, 0.2) is 0 Å². The first kappa shape index (κ1) is 12.2. The molecule has 0 saturated heterocycles. The lowest BCUT2D eigenvalue weighted by Gasteiger charge is -2.09. The molecule has 0 aliphatic heterocycles. The largest absolute Gasteiger partial charge is 0.343 e. The predicted molar refractivity (Wildman–Crippen MR) is 90.6 cm³/mol. The van der Waals surface area contributed by atoms with Crippen LogP contribution in [0.25, 0.3) is 32.9 Å². The van der Waals surface area contributed by atoms with E-state index in [0.717, 1.165) is 0 Å². The van der Waals surface area contributed by atoms with Crippen LogP contribution < -0.4 is 0 Å². The van der Waals surface area contributed by atoms with Gasteiger partial charge in [0.25, 0.3) is 0 Å². The number of para-hydroxylation sites is 1. The number of hydrogen-bond donors (Lipinski definition) is 0. The average molecular weight is 271 g/mol. The second kappa shape index (κ2) is 4.49. The van der Waals surface area contributed by atoms with Crippen LogP contribution in [0, 0.1) is 6.92 Å². The molecule has 0 radical (unpaired) electrons. The molecule has 102 valence electrons. The second-order valence-corrected chi connectivity index (χ2v) is 5.58. The van der Waals surface area contributed by atoms with Crippen LogP contribution in [0.1, 0.15) is 5.56 Å². The Morgan fingerprint density at radius 1 is 0.714 bits per heavy atom. The van der Waals surface area contributed by atoms with E-state index in [9.17, 15) is 0 Å². The Balaban J connectivity index is 2.13. The van der Waals surface area contributed by atoms with E-state index in [1.54, 1.807) is 0 Å². The number of benzene rings is 3. The highest BCUT2D eigenvalue weighted by Crippen LogP contribution is 2.35. The summed E-state index contributed by atoms with van der Waals surface area (Å²) in [6.07, 6.45) is 0. The highest BCUT2D eigenvalue weighted by Gasteiger charge is 2.12. The molecule has 0 bridgehead atoms. The third-order valence-electron chi connectivity index (χ3n) is 4.41. The zero-order chi connectivity index (χ0) is 14.4. The van der Waals surface area contributed by atoms with Gasteiger partial charge in [0.05, 0.1) is 5.52 Å². The van der Waals surface area contributed by atoms with Crippen molar-refractivity contribution in [1.29, 1.82) is 0 Å². The number of aromatic nitrogens is 1. The van der Waals surface area contributed by atoms with Crippen molar-refractivity contribution in [3.63, 3.8) is 0 Å². The number of fused-ring (bicyclic) bond motifs is 3.